The Morgan fingerprint density at radius 2 is 0.855 bits per heavy atom. The van der Waals surface area contributed by atoms with E-state index in [-0.39, 0.29) is 0 Å². The highest BCUT2D eigenvalue weighted by Gasteiger charge is 2.22. The topological polar surface area (TPSA) is 12.1 Å². The number of hydrogen-bond acceptors (Lipinski definition) is 1. The van der Waals surface area contributed by atoms with Gasteiger partial charge in [-0.2, -0.15) is 0 Å². The van der Waals surface area contributed by atoms with E-state index in [4.69, 9.17) is 0 Å². The maximum absolute atomic E-state index is 2.90. The molecule has 0 N–H and O–H groups in total. The van der Waals surface area contributed by atoms with Crippen molar-refractivity contribution in [3.8, 4) is 0 Å². The lowest BCUT2D eigenvalue weighted by molar-refractivity contribution is -0.677. The maximum atomic E-state index is 2.90. The molecule has 0 spiro atoms. The van der Waals surface area contributed by atoms with Crippen LogP contribution in [0.1, 0.15) is 322 Å². The van der Waals surface area contributed by atoms with Gasteiger partial charge in [-0.05, 0) is 42.6 Å². The van der Waals surface area contributed by atoms with Crippen LogP contribution in [0.15, 0.2) is 42.7 Å². The number of aromatic nitrogens is 2. The quantitative estimate of drug-likeness (QED) is 0.0475. The van der Waals surface area contributed by atoms with Gasteiger partial charge in [-0.3, -0.25) is 4.90 Å². The number of imidazole rings is 1. The van der Waals surface area contributed by atoms with Gasteiger partial charge >= 0.3 is 0 Å². The van der Waals surface area contributed by atoms with Gasteiger partial charge in [0.05, 0.1) is 7.05 Å². The van der Waals surface area contributed by atoms with Crippen molar-refractivity contribution in [2.45, 2.75) is 337 Å². The van der Waals surface area contributed by atoms with E-state index in [1.807, 2.05) is 0 Å². The van der Waals surface area contributed by atoms with Crippen LogP contribution in [0.25, 0.3) is 0 Å². The van der Waals surface area contributed by atoms with Gasteiger partial charge in [-0.1, -0.05) is 322 Å². The number of aryl methyl sites for hydroxylation is 1. The Bertz CT molecular complexity index is 1290. The van der Waals surface area contributed by atoms with Crippen LogP contribution >= 0.6 is 0 Å². The molecule has 0 radical (unpaired) electrons. The van der Waals surface area contributed by atoms with E-state index in [1.54, 1.807) is 0 Å². The van der Waals surface area contributed by atoms with Crippen LogP contribution < -0.4 is 4.57 Å². The predicted molar refractivity (Wildman–Crippen MR) is 308 cm³/mol. The fraction of sp³-hybridized carbons (Fsp3) is 0.864. The van der Waals surface area contributed by atoms with Crippen LogP contribution in [0.4, 0.5) is 0 Å². The molecule has 2 rings (SSSR count). The van der Waals surface area contributed by atoms with Gasteiger partial charge in [0.25, 0.3) is 5.82 Å². The standard InChI is InChI=1S/C66H124N3/c1-8-10-12-14-16-18-20-22-24-26-28-30-32-34-36-39-48-64(49-40-37-35-33-31-29-27-25-23-21-19-17-15-13-11-9-2)50-43-44-53-66(55-54-62(5)47-45-46-61(3)4)69(60-65-51-41-38-42-52-65)59-58-68-57-56-67(7)63(68)6/h38,41-42,51-52,56-57,61-62,64,66H,8-37,39-40,43-50,53-55,58-60H2,1-7H3/q+1. The van der Waals surface area contributed by atoms with E-state index in [0.29, 0.717) is 6.04 Å². The molecular weight excluding hydrogens is 835 g/mol. The molecule has 0 saturated carbocycles. The Morgan fingerprint density at radius 1 is 0.449 bits per heavy atom. The average Bonchev–Trinajstić information content (AvgIpc) is 3.67. The van der Waals surface area contributed by atoms with E-state index in [9.17, 15) is 0 Å². The Kier molecular flexibility index (Phi) is 42.5. The second-order valence-corrected chi connectivity index (χ2v) is 23.6. The molecule has 0 fully saturated rings. The molecule has 0 bridgehead atoms. The van der Waals surface area contributed by atoms with Gasteiger partial charge in [0.15, 0.2) is 0 Å². The minimum absolute atomic E-state index is 0.654. The molecule has 402 valence electrons. The molecule has 2 aromatic rings. The molecule has 0 aliphatic rings. The normalized spacial score (nSPS) is 12.9. The van der Waals surface area contributed by atoms with Crippen molar-refractivity contribution in [2.75, 3.05) is 6.54 Å². The third-order valence-corrected chi connectivity index (χ3v) is 16.6. The van der Waals surface area contributed by atoms with Gasteiger partial charge in [0, 0.05) is 26.1 Å². The summed E-state index contributed by atoms with van der Waals surface area (Å²) in [4.78, 5) is 2.90. The zero-order valence-corrected chi connectivity index (χ0v) is 48.2. The Labute approximate surface area is 434 Å². The van der Waals surface area contributed by atoms with Crippen LogP contribution in [0.2, 0.25) is 0 Å². The Balaban J connectivity index is 1.88. The lowest BCUT2D eigenvalue weighted by Crippen LogP contribution is -2.38. The molecule has 1 heterocycles. The van der Waals surface area contributed by atoms with Crippen molar-refractivity contribution in [3.63, 3.8) is 0 Å². The molecule has 0 amide bonds. The highest BCUT2D eigenvalue weighted by atomic mass is 15.2. The number of unbranched alkanes of at least 4 members (excludes halogenated alkanes) is 31. The summed E-state index contributed by atoms with van der Waals surface area (Å²) in [6.07, 6.45) is 66.9. The van der Waals surface area contributed by atoms with Crippen molar-refractivity contribution in [1.29, 1.82) is 0 Å². The van der Waals surface area contributed by atoms with Gasteiger partial charge in [-0.15, -0.1) is 0 Å². The highest BCUT2D eigenvalue weighted by Crippen LogP contribution is 2.28. The molecular formula is C66H124N3+. The molecule has 2 unspecified atom stereocenters. The second-order valence-electron chi connectivity index (χ2n) is 23.6. The fourth-order valence-electron chi connectivity index (χ4n) is 11.5. The first-order valence-electron chi connectivity index (χ1n) is 31.6. The van der Waals surface area contributed by atoms with Crippen molar-refractivity contribution in [2.24, 2.45) is 24.8 Å². The van der Waals surface area contributed by atoms with E-state index in [1.165, 1.54) is 287 Å². The van der Waals surface area contributed by atoms with E-state index in [2.05, 4.69) is 105 Å². The molecule has 69 heavy (non-hydrogen) atoms. The summed E-state index contributed by atoms with van der Waals surface area (Å²) < 4.78 is 4.75. The first-order chi connectivity index (χ1) is 33.8. The van der Waals surface area contributed by atoms with Crippen molar-refractivity contribution in [1.82, 2.24) is 9.47 Å². The van der Waals surface area contributed by atoms with E-state index < -0.39 is 0 Å². The molecule has 2 atom stereocenters. The lowest BCUT2D eigenvalue weighted by Gasteiger charge is -2.33. The Hall–Kier alpha value is -1.61. The van der Waals surface area contributed by atoms with Crippen LogP contribution in [-0.2, 0) is 20.1 Å². The summed E-state index contributed by atoms with van der Waals surface area (Å²) in [5.41, 5.74) is 1.47. The number of nitrogens with zero attached hydrogens (tertiary/aromatic N) is 3. The average molecular weight is 960 g/mol. The minimum atomic E-state index is 0.654. The van der Waals surface area contributed by atoms with Gasteiger partial charge in [0.1, 0.15) is 18.9 Å². The summed E-state index contributed by atoms with van der Waals surface area (Å²) in [6.45, 7) is 17.5. The largest absolute Gasteiger partial charge is 0.292 e. The van der Waals surface area contributed by atoms with Crippen LogP contribution in [0.3, 0.4) is 0 Å². The highest BCUT2D eigenvalue weighted by molar-refractivity contribution is 5.14. The molecule has 1 aromatic carbocycles. The molecule has 3 nitrogen and oxygen atoms in total. The van der Waals surface area contributed by atoms with Gasteiger partial charge < -0.3 is 0 Å². The summed E-state index contributed by atoms with van der Waals surface area (Å²) in [7, 11) is 2.19. The van der Waals surface area contributed by atoms with Crippen LogP contribution in [0.5, 0.6) is 0 Å². The van der Waals surface area contributed by atoms with E-state index >= 15 is 0 Å². The fourth-order valence-corrected chi connectivity index (χ4v) is 11.5. The zero-order valence-electron chi connectivity index (χ0n) is 48.2. The minimum Gasteiger partial charge on any atom is -0.292 e. The third kappa shape index (κ3) is 36.9. The summed E-state index contributed by atoms with van der Waals surface area (Å²) in [5, 5.41) is 0. The molecule has 3 heteroatoms. The smallest absolute Gasteiger partial charge is 0.253 e. The molecule has 0 aliphatic heterocycles. The SMILES string of the molecule is CCCCCCCCCCCCCCCCCCC(CCCCCCCCCCCCCCCCCC)CCCCC(CCC(C)CCCC(C)C)N(CCn1cc[n+](C)c1C)Cc1ccccc1. The zero-order chi connectivity index (χ0) is 49.7. The lowest BCUT2D eigenvalue weighted by atomic mass is 9.88. The summed E-state index contributed by atoms with van der Waals surface area (Å²) in [6, 6.07) is 12.1. The van der Waals surface area contributed by atoms with Gasteiger partial charge in [-0.25, -0.2) is 9.13 Å². The number of benzene rings is 1. The molecule has 1 aromatic heterocycles. The first kappa shape index (κ1) is 63.5. The third-order valence-electron chi connectivity index (χ3n) is 16.6. The maximum Gasteiger partial charge on any atom is 0.253 e. The first-order valence-corrected chi connectivity index (χ1v) is 31.6. The van der Waals surface area contributed by atoms with E-state index in [0.717, 1.165) is 37.4 Å². The molecule has 0 aliphatic carbocycles. The predicted octanol–water partition coefficient (Wildman–Crippen LogP) is 21.2. The summed E-state index contributed by atoms with van der Waals surface area (Å²) in [5.74, 6) is 3.94. The Morgan fingerprint density at radius 3 is 1.26 bits per heavy atom. The van der Waals surface area contributed by atoms with Crippen molar-refractivity contribution in [3.05, 3.63) is 54.1 Å². The second kappa shape index (κ2) is 46.2. The van der Waals surface area contributed by atoms with Crippen molar-refractivity contribution < 1.29 is 4.57 Å². The molecule has 0 saturated heterocycles. The van der Waals surface area contributed by atoms with Crippen LogP contribution in [-0.4, -0.2) is 22.1 Å². The monoisotopic (exact) mass is 959 g/mol. The number of hydrogen-bond donors (Lipinski definition) is 0. The summed E-state index contributed by atoms with van der Waals surface area (Å²) >= 11 is 0. The van der Waals surface area contributed by atoms with Crippen LogP contribution in [0, 0.1) is 24.7 Å². The van der Waals surface area contributed by atoms with Crippen molar-refractivity contribution >= 4 is 0 Å². The number of rotatable bonds is 52. The van der Waals surface area contributed by atoms with Gasteiger partial charge in [0.2, 0.25) is 0 Å².